The highest BCUT2D eigenvalue weighted by molar-refractivity contribution is 7.96. The molecule has 0 radical (unpaired) electrons. The van der Waals surface area contributed by atoms with Crippen LogP contribution in [0.2, 0.25) is 0 Å². The lowest BCUT2D eigenvalue weighted by atomic mass is 9.98. The summed E-state index contributed by atoms with van der Waals surface area (Å²) in [7, 11) is -3.65. The Balaban J connectivity index is 1.94. The maximum Gasteiger partial charge on any atom is 0.258 e. The van der Waals surface area contributed by atoms with E-state index in [4.69, 9.17) is 0 Å². The number of aryl methyl sites for hydroxylation is 1. The van der Waals surface area contributed by atoms with Gasteiger partial charge in [-0.2, -0.15) is 0 Å². The van der Waals surface area contributed by atoms with Crippen LogP contribution in [0, 0.1) is 0 Å². The number of phenolic OH excluding ortho intramolecular Hbond substituents is 1. The largest absolute Gasteiger partial charge is 0.506 e. The third kappa shape index (κ3) is 2.78. The molecule has 21 heavy (non-hydrogen) atoms. The summed E-state index contributed by atoms with van der Waals surface area (Å²) < 4.78 is 27.3. The highest BCUT2D eigenvalue weighted by Crippen LogP contribution is 2.30. The number of nitrogens with one attached hydrogen (secondary N) is 1. The smallest absolute Gasteiger partial charge is 0.258 e. The van der Waals surface area contributed by atoms with Crippen LogP contribution in [0.4, 0.5) is 5.69 Å². The number of allylic oxidation sites excluding steroid dienone is 1. The molecule has 108 valence electrons. The third-order valence-corrected chi connectivity index (χ3v) is 5.01. The quantitative estimate of drug-likeness (QED) is 0.856. The van der Waals surface area contributed by atoms with Crippen LogP contribution in [0.25, 0.3) is 6.08 Å². The van der Waals surface area contributed by atoms with Gasteiger partial charge in [0.1, 0.15) is 5.75 Å². The fourth-order valence-corrected chi connectivity index (χ4v) is 3.63. The number of rotatable bonds is 3. The molecule has 0 saturated heterocycles. The number of anilines is 1. The van der Waals surface area contributed by atoms with Crippen molar-refractivity contribution in [2.24, 2.45) is 0 Å². The van der Waals surface area contributed by atoms with E-state index in [1.165, 1.54) is 12.1 Å². The molecule has 0 aromatic heterocycles. The molecule has 3 rings (SSSR count). The Bertz CT molecular complexity index is 810. The number of fused-ring (bicyclic) bond motifs is 1. The predicted molar refractivity (Wildman–Crippen MR) is 83.4 cm³/mol. The summed E-state index contributed by atoms with van der Waals surface area (Å²) in [5, 5.41) is 9.68. The average molecular weight is 301 g/mol. The molecule has 1 aliphatic rings. The second-order valence-corrected chi connectivity index (χ2v) is 6.67. The average Bonchev–Trinajstić information content (AvgIpc) is 2.49. The Kier molecular flexibility index (Phi) is 3.43. The van der Waals surface area contributed by atoms with Crippen LogP contribution in [-0.2, 0) is 16.4 Å². The van der Waals surface area contributed by atoms with Crippen molar-refractivity contribution in [1.29, 1.82) is 0 Å². The number of sulfonamides is 1. The van der Waals surface area contributed by atoms with Crippen molar-refractivity contribution in [2.75, 3.05) is 4.72 Å². The van der Waals surface area contributed by atoms with Crippen LogP contribution in [0.5, 0.6) is 5.75 Å². The summed E-state index contributed by atoms with van der Waals surface area (Å²) >= 11 is 0. The van der Waals surface area contributed by atoms with Gasteiger partial charge in [-0.25, -0.2) is 8.42 Å². The van der Waals surface area contributed by atoms with Gasteiger partial charge in [0, 0.05) is 0 Å². The van der Waals surface area contributed by atoms with Gasteiger partial charge in [0.15, 0.2) is 0 Å². The zero-order valence-corrected chi connectivity index (χ0v) is 12.1. The van der Waals surface area contributed by atoms with Crippen LogP contribution >= 0.6 is 0 Å². The van der Waals surface area contributed by atoms with E-state index in [1.807, 2.05) is 24.3 Å². The normalized spacial score (nSPS) is 14.2. The zero-order chi connectivity index (χ0) is 14.9. The number of phenols is 1. The predicted octanol–water partition coefficient (Wildman–Crippen LogP) is 3.12. The van der Waals surface area contributed by atoms with Gasteiger partial charge in [-0.1, -0.05) is 36.4 Å². The van der Waals surface area contributed by atoms with Crippen molar-refractivity contribution >= 4 is 21.8 Å². The molecule has 1 aliphatic carbocycles. The second kappa shape index (κ2) is 5.26. The van der Waals surface area contributed by atoms with E-state index < -0.39 is 10.0 Å². The van der Waals surface area contributed by atoms with Crippen molar-refractivity contribution in [3.63, 3.8) is 0 Å². The van der Waals surface area contributed by atoms with Crippen LogP contribution in [0.15, 0.2) is 53.4 Å². The SMILES string of the molecule is O=S(=O)(Nc1ccccc1O)C1=Cc2ccccc2CC1. The fourth-order valence-electron chi connectivity index (χ4n) is 2.39. The van der Waals surface area contributed by atoms with Crippen LogP contribution in [0.3, 0.4) is 0 Å². The van der Waals surface area contributed by atoms with Gasteiger partial charge >= 0.3 is 0 Å². The first-order valence-corrected chi connectivity index (χ1v) is 8.14. The highest BCUT2D eigenvalue weighted by atomic mass is 32.2. The van der Waals surface area contributed by atoms with Gasteiger partial charge in [0.2, 0.25) is 0 Å². The molecule has 0 aliphatic heterocycles. The van der Waals surface area contributed by atoms with E-state index in [2.05, 4.69) is 4.72 Å². The monoisotopic (exact) mass is 301 g/mol. The first kappa shape index (κ1) is 13.7. The van der Waals surface area contributed by atoms with Gasteiger partial charge in [0.25, 0.3) is 10.0 Å². The summed E-state index contributed by atoms with van der Waals surface area (Å²) in [5.41, 5.74) is 2.28. The van der Waals surface area contributed by atoms with E-state index >= 15 is 0 Å². The van der Waals surface area contributed by atoms with E-state index in [1.54, 1.807) is 18.2 Å². The summed E-state index contributed by atoms with van der Waals surface area (Å²) in [6.45, 7) is 0. The van der Waals surface area contributed by atoms with Crippen LogP contribution in [0.1, 0.15) is 17.5 Å². The first-order chi connectivity index (χ1) is 10.1. The highest BCUT2D eigenvalue weighted by Gasteiger charge is 2.22. The van der Waals surface area contributed by atoms with Gasteiger partial charge < -0.3 is 5.11 Å². The van der Waals surface area contributed by atoms with Crippen molar-refractivity contribution in [3.8, 4) is 5.75 Å². The minimum Gasteiger partial charge on any atom is -0.506 e. The lowest BCUT2D eigenvalue weighted by Crippen LogP contribution is -2.17. The molecule has 0 atom stereocenters. The van der Waals surface area contributed by atoms with Gasteiger partial charge in [0.05, 0.1) is 10.6 Å². The van der Waals surface area contributed by atoms with E-state index in [0.29, 0.717) is 17.7 Å². The molecule has 0 amide bonds. The van der Waals surface area contributed by atoms with E-state index in [0.717, 1.165) is 11.1 Å². The molecule has 0 spiro atoms. The van der Waals surface area contributed by atoms with Crippen LogP contribution < -0.4 is 4.72 Å². The minimum absolute atomic E-state index is 0.0853. The molecule has 2 N–H and O–H groups in total. The number of benzene rings is 2. The van der Waals surface area contributed by atoms with E-state index in [9.17, 15) is 13.5 Å². The Morgan fingerprint density at radius 1 is 0.952 bits per heavy atom. The molecule has 0 fully saturated rings. The Labute approximate surface area is 123 Å². The summed E-state index contributed by atoms with van der Waals surface area (Å²) in [4.78, 5) is 0.337. The number of hydrogen-bond donors (Lipinski definition) is 2. The molecular formula is C16H15NO3S. The molecule has 2 aromatic carbocycles. The second-order valence-electron chi connectivity index (χ2n) is 4.93. The topological polar surface area (TPSA) is 66.4 Å². The standard InChI is InChI=1S/C16H15NO3S/c18-16-8-4-3-7-15(16)17-21(19,20)14-10-9-12-5-1-2-6-13(12)11-14/h1-8,11,17-18H,9-10H2. The lowest BCUT2D eigenvalue weighted by Gasteiger charge is -2.17. The summed E-state index contributed by atoms with van der Waals surface area (Å²) in [5.74, 6) is -0.0853. The van der Waals surface area contributed by atoms with Crippen LogP contribution in [-0.4, -0.2) is 13.5 Å². The maximum atomic E-state index is 12.4. The Morgan fingerprint density at radius 3 is 2.48 bits per heavy atom. The number of aromatic hydroxyl groups is 1. The van der Waals surface area contributed by atoms with Crippen molar-refractivity contribution in [3.05, 3.63) is 64.6 Å². The Hall–Kier alpha value is -2.27. The molecule has 0 saturated carbocycles. The number of hydrogen-bond acceptors (Lipinski definition) is 3. The third-order valence-electron chi connectivity index (χ3n) is 3.51. The fraction of sp³-hybridized carbons (Fsp3) is 0.125. The number of para-hydroxylation sites is 2. The molecule has 2 aromatic rings. The van der Waals surface area contributed by atoms with Crippen molar-refractivity contribution in [2.45, 2.75) is 12.8 Å². The molecule has 0 unspecified atom stereocenters. The Morgan fingerprint density at radius 2 is 1.67 bits per heavy atom. The molecule has 0 bridgehead atoms. The molecule has 4 nitrogen and oxygen atoms in total. The summed E-state index contributed by atoms with van der Waals surface area (Å²) in [6.07, 6.45) is 2.85. The minimum atomic E-state index is -3.65. The maximum absolute atomic E-state index is 12.4. The first-order valence-electron chi connectivity index (χ1n) is 6.65. The van der Waals surface area contributed by atoms with Crippen molar-refractivity contribution in [1.82, 2.24) is 0 Å². The van der Waals surface area contributed by atoms with Gasteiger partial charge in [-0.3, -0.25) is 4.72 Å². The zero-order valence-electron chi connectivity index (χ0n) is 11.3. The van der Waals surface area contributed by atoms with E-state index in [-0.39, 0.29) is 11.4 Å². The lowest BCUT2D eigenvalue weighted by molar-refractivity contribution is 0.477. The molecule has 5 heteroatoms. The van der Waals surface area contributed by atoms with Gasteiger partial charge in [-0.15, -0.1) is 0 Å². The molecule has 0 heterocycles. The molecular weight excluding hydrogens is 286 g/mol. The summed E-state index contributed by atoms with van der Waals surface area (Å²) in [6, 6.07) is 14.0. The van der Waals surface area contributed by atoms with Crippen molar-refractivity contribution < 1.29 is 13.5 Å². The van der Waals surface area contributed by atoms with Gasteiger partial charge in [-0.05, 0) is 42.2 Å².